The lowest BCUT2D eigenvalue weighted by molar-refractivity contribution is 0.238. The van der Waals surface area contributed by atoms with Gasteiger partial charge in [-0.15, -0.1) is 0 Å². The predicted molar refractivity (Wildman–Crippen MR) is 107 cm³/mol. The molecule has 0 radical (unpaired) electrons. The van der Waals surface area contributed by atoms with Crippen LogP contribution in [0.1, 0.15) is 24.6 Å². The summed E-state index contributed by atoms with van der Waals surface area (Å²) in [6.07, 6.45) is 0.0440. The highest BCUT2D eigenvalue weighted by molar-refractivity contribution is 5.91. The fourth-order valence-corrected chi connectivity index (χ4v) is 2.96. The molecule has 6 heteroatoms. The molecule has 1 heterocycles. The number of para-hydroxylation sites is 1. The number of methoxy groups -OCH3 is 1. The van der Waals surface area contributed by atoms with Crippen LogP contribution in [-0.2, 0) is 6.54 Å². The molecule has 0 spiro atoms. The second-order valence-corrected chi connectivity index (χ2v) is 6.43. The Morgan fingerprint density at radius 2 is 2.04 bits per heavy atom. The highest BCUT2D eigenvalue weighted by Crippen LogP contribution is 2.30. The van der Waals surface area contributed by atoms with E-state index < -0.39 is 6.10 Å². The molecule has 0 fully saturated rings. The molecule has 0 aliphatic rings. The van der Waals surface area contributed by atoms with E-state index in [9.17, 15) is 4.39 Å². The van der Waals surface area contributed by atoms with Crippen molar-refractivity contribution in [3.05, 3.63) is 59.5 Å². The fraction of sp³-hybridized carbons (Fsp3) is 0.273. The molecule has 2 aromatic carbocycles. The topological polar surface area (TPSA) is 67.2 Å². The van der Waals surface area contributed by atoms with Crippen LogP contribution in [-0.4, -0.2) is 18.2 Å². The Morgan fingerprint density at radius 1 is 1.21 bits per heavy atom. The summed E-state index contributed by atoms with van der Waals surface area (Å²) in [5.74, 6) is 0.758. The minimum absolute atomic E-state index is 0.341. The third-order valence-electron chi connectivity index (χ3n) is 4.41. The molecule has 3 rings (SSSR count). The number of nitriles is 1. The van der Waals surface area contributed by atoms with Crippen molar-refractivity contribution in [2.24, 2.45) is 0 Å². The van der Waals surface area contributed by atoms with Crippen LogP contribution in [0.25, 0.3) is 10.9 Å². The van der Waals surface area contributed by atoms with Gasteiger partial charge in [-0.05, 0) is 43.2 Å². The zero-order chi connectivity index (χ0) is 20.1. The molecule has 0 aliphatic carbocycles. The number of aromatic nitrogens is 1. The second-order valence-electron chi connectivity index (χ2n) is 6.43. The molecule has 0 saturated heterocycles. The minimum atomic E-state index is -0.535. The van der Waals surface area contributed by atoms with Crippen LogP contribution in [0.15, 0.2) is 42.5 Å². The summed E-state index contributed by atoms with van der Waals surface area (Å²) in [6.45, 7) is 4.23. The van der Waals surface area contributed by atoms with Gasteiger partial charge < -0.3 is 14.8 Å². The Balaban J connectivity index is 1.86. The highest BCUT2D eigenvalue weighted by Gasteiger charge is 2.13. The predicted octanol–water partition coefficient (Wildman–Crippen LogP) is 4.98. The number of hydrogen-bond acceptors (Lipinski definition) is 5. The number of hydrogen-bond donors (Lipinski definition) is 1. The number of nitrogens with one attached hydrogen (secondary N) is 1. The van der Waals surface area contributed by atoms with Gasteiger partial charge in [0, 0.05) is 23.3 Å². The van der Waals surface area contributed by atoms with Gasteiger partial charge in [-0.25, -0.2) is 9.37 Å². The number of pyridine rings is 1. The molecule has 5 nitrogen and oxygen atoms in total. The van der Waals surface area contributed by atoms with E-state index in [0.717, 1.165) is 22.3 Å². The molecule has 28 heavy (non-hydrogen) atoms. The van der Waals surface area contributed by atoms with E-state index in [1.807, 2.05) is 44.2 Å². The van der Waals surface area contributed by atoms with Gasteiger partial charge in [0.25, 0.3) is 0 Å². The number of ether oxygens (including phenoxy) is 2. The van der Waals surface area contributed by atoms with Gasteiger partial charge in [0.1, 0.15) is 17.4 Å². The molecule has 1 unspecified atom stereocenters. The number of benzene rings is 2. The number of aryl methyl sites for hydroxylation is 1. The molecule has 1 atom stereocenters. The zero-order valence-corrected chi connectivity index (χ0v) is 16.1. The molecule has 144 valence electrons. The smallest absolute Gasteiger partial charge is 0.184 e. The summed E-state index contributed by atoms with van der Waals surface area (Å²) in [4.78, 5) is 4.30. The Bertz CT molecular complexity index is 1030. The number of halogens is 1. The van der Waals surface area contributed by atoms with Crippen LogP contribution in [0.2, 0.25) is 0 Å². The Hall–Kier alpha value is -3.33. The first-order valence-corrected chi connectivity index (χ1v) is 9.08. The van der Waals surface area contributed by atoms with Gasteiger partial charge in [-0.1, -0.05) is 25.1 Å². The van der Waals surface area contributed by atoms with E-state index in [2.05, 4.69) is 16.4 Å². The SMILES string of the molecule is CCC(C#N)Oc1cc(CNc2cc(C)nc3c(F)cccc23)ccc1OC. The third-order valence-corrected chi connectivity index (χ3v) is 4.41. The van der Waals surface area contributed by atoms with Crippen LogP contribution in [0.3, 0.4) is 0 Å². The summed E-state index contributed by atoms with van der Waals surface area (Å²) < 4.78 is 25.2. The van der Waals surface area contributed by atoms with E-state index in [4.69, 9.17) is 14.7 Å². The lowest BCUT2D eigenvalue weighted by Gasteiger charge is -2.16. The maximum atomic E-state index is 14.1. The van der Waals surface area contributed by atoms with E-state index in [1.165, 1.54) is 6.07 Å². The standard InChI is InChI=1S/C22H22FN3O2/c1-4-16(12-24)28-21-11-15(8-9-20(21)27-3)13-25-19-10-14(2)26-22-17(19)6-5-7-18(22)23/h5-11,16H,4,13H2,1-3H3,(H,25,26). The first-order valence-electron chi connectivity index (χ1n) is 9.08. The minimum Gasteiger partial charge on any atom is -0.493 e. The van der Waals surface area contributed by atoms with Crippen LogP contribution < -0.4 is 14.8 Å². The average Bonchev–Trinajstić information content (AvgIpc) is 2.71. The maximum absolute atomic E-state index is 14.1. The van der Waals surface area contributed by atoms with Gasteiger partial charge in [-0.2, -0.15) is 5.26 Å². The Kier molecular flexibility index (Phi) is 5.95. The monoisotopic (exact) mass is 379 g/mol. The van der Waals surface area contributed by atoms with Crippen LogP contribution in [0.4, 0.5) is 10.1 Å². The molecule has 1 aromatic heterocycles. The molecule has 0 saturated carbocycles. The van der Waals surface area contributed by atoms with Crippen molar-refractivity contribution in [3.63, 3.8) is 0 Å². The Labute approximate surface area is 163 Å². The Morgan fingerprint density at radius 3 is 2.75 bits per heavy atom. The van der Waals surface area contributed by atoms with Gasteiger partial charge >= 0.3 is 0 Å². The molecule has 0 aliphatic heterocycles. The average molecular weight is 379 g/mol. The van der Waals surface area contributed by atoms with Gasteiger partial charge in [0.05, 0.1) is 7.11 Å². The number of fused-ring (bicyclic) bond motifs is 1. The van der Waals surface area contributed by atoms with Crippen molar-refractivity contribution in [2.75, 3.05) is 12.4 Å². The zero-order valence-electron chi connectivity index (χ0n) is 16.1. The highest BCUT2D eigenvalue weighted by atomic mass is 19.1. The second kappa shape index (κ2) is 8.57. The van der Waals surface area contributed by atoms with Crippen molar-refractivity contribution in [1.82, 2.24) is 4.98 Å². The van der Waals surface area contributed by atoms with E-state index in [-0.39, 0.29) is 5.82 Å². The number of rotatable bonds is 7. The molecular weight excluding hydrogens is 357 g/mol. The first-order chi connectivity index (χ1) is 13.5. The third kappa shape index (κ3) is 4.15. The number of nitrogens with zero attached hydrogens (tertiary/aromatic N) is 2. The van der Waals surface area contributed by atoms with Crippen LogP contribution >= 0.6 is 0 Å². The van der Waals surface area contributed by atoms with Gasteiger partial charge in [-0.3, -0.25) is 0 Å². The lowest BCUT2D eigenvalue weighted by atomic mass is 10.1. The maximum Gasteiger partial charge on any atom is 0.184 e. The largest absolute Gasteiger partial charge is 0.493 e. The molecule has 0 amide bonds. The van der Waals surface area contributed by atoms with Gasteiger partial charge in [0.2, 0.25) is 0 Å². The molecule has 1 N–H and O–H groups in total. The summed E-state index contributed by atoms with van der Waals surface area (Å²) >= 11 is 0. The van der Waals surface area contributed by atoms with Crippen LogP contribution in [0.5, 0.6) is 11.5 Å². The fourth-order valence-electron chi connectivity index (χ4n) is 2.96. The van der Waals surface area contributed by atoms with E-state index >= 15 is 0 Å². The summed E-state index contributed by atoms with van der Waals surface area (Å²) in [6, 6.07) is 14.5. The van der Waals surface area contributed by atoms with Crippen molar-refractivity contribution in [1.29, 1.82) is 5.26 Å². The summed E-state index contributed by atoms with van der Waals surface area (Å²) in [5.41, 5.74) is 2.84. The normalized spacial score (nSPS) is 11.7. The molecule has 0 bridgehead atoms. The van der Waals surface area contributed by atoms with E-state index in [1.54, 1.807) is 13.2 Å². The van der Waals surface area contributed by atoms with Crippen molar-refractivity contribution < 1.29 is 13.9 Å². The molecule has 3 aromatic rings. The summed E-state index contributed by atoms with van der Waals surface area (Å²) in [7, 11) is 1.56. The molecular formula is C22H22FN3O2. The van der Waals surface area contributed by atoms with E-state index in [0.29, 0.717) is 30.0 Å². The van der Waals surface area contributed by atoms with Crippen molar-refractivity contribution in [2.45, 2.75) is 32.9 Å². The van der Waals surface area contributed by atoms with Gasteiger partial charge in [0.15, 0.2) is 17.6 Å². The lowest BCUT2D eigenvalue weighted by Crippen LogP contribution is -2.13. The first kappa shape index (κ1) is 19.4. The summed E-state index contributed by atoms with van der Waals surface area (Å²) in [5, 5.41) is 13.2. The van der Waals surface area contributed by atoms with Crippen molar-refractivity contribution >= 4 is 16.6 Å². The van der Waals surface area contributed by atoms with Crippen LogP contribution in [0, 0.1) is 24.1 Å². The quantitative estimate of drug-likeness (QED) is 0.627. The number of anilines is 1. The van der Waals surface area contributed by atoms with Crippen molar-refractivity contribution in [3.8, 4) is 17.6 Å².